The second-order valence-electron chi connectivity index (χ2n) is 7.52. The van der Waals surface area contributed by atoms with Crippen LogP contribution < -0.4 is 4.90 Å². The van der Waals surface area contributed by atoms with Crippen molar-refractivity contribution in [2.24, 2.45) is 0 Å². The first kappa shape index (κ1) is 18.1. The molecular weight excluding hydrogens is 378 g/mol. The first-order valence-electron chi connectivity index (χ1n) is 10.1. The van der Waals surface area contributed by atoms with Gasteiger partial charge in [-0.2, -0.15) is 5.10 Å². The third kappa shape index (κ3) is 3.80. The highest BCUT2D eigenvalue weighted by molar-refractivity contribution is 7.17. The third-order valence-electron chi connectivity index (χ3n) is 5.39. The summed E-state index contributed by atoms with van der Waals surface area (Å²) in [5.41, 5.74) is 5.68. The van der Waals surface area contributed by atoms with Crippen LogP contribution in [-0.4, -0.2) is 33.1 Å². The minimum Gasteiger partial charge on any atom is -0.372 e. The molecule has 29 heavy (non-hydrogen) atoms. The van der Waals surface area contributed by atoms with Crippen molar-refractivity contribution in [1.82, 2.24) is 20.0 Å². The molecule has 2 aromatic heterocycles. The summed E-state index contributed by atoms with van der Waals surface area (Å²) in [6, 6.07) is 17.0. The fourth-order valence-electron chi connectivity index (χ4n) is 3.70. The largest absolute Gasteiger partial charge is 0.372 e. The highest BCUT2D eigenvalue weighted by atomic mass is 32.1. The van der Waals surface area contributed by atoms with Crippen molar-refractivity contribution < 1.29 is 0 Å². The van der Waals surface area contributed by atoms with Crippen LogP contribution in [0.3, 0.4) is 0 Å². The Bertz CT molecular complexity index is 1090. The third-order valence-corrected chi connectivity index (χ3v) is 6.41. The van der Waals surface area contributed by atoms with Crippen molar-refractivity contribution in [3.63, 3.8) is 0 Å². The number of rotatable bonds is 4. The SMILES string of the molecule is Cc1ccc(-c2nnc(-c3cnn(-c4ccc(N5CCCCC5)cc4)c3)s2)cc1. The lowest BCUT2D eigenvalue weighted by Crippen LogP contribution is -2.29. The van der Waals surface area contributed by atoms with E-state index in [0.29, 0.717) is 0 Å². The number of hydrogen-bond donors (Lipinski definition) is 0. The number of piperidine rings is 1. The van der Waals surface area contributed by atoms with Crippen molar-refractivity contribution in [1.29, 1.82) is 0 Å². The van der Waals surface area contributed by atoms with Gasteiger partial charge < -0.3 is 4.90 Å². The Morgan fingerprint density at radius 2 is 1.41 bits per heavy atom. The van der Waals surface area contributed by atoms with E-state index >= 15 is 0 Å². The molecule has 0 saturated carbocycles. The molecule has 0 radical (unpaired) electrons. The molecule has 1 aliphatic rings. The number of hydrogen-bond acceptors (Lipinski definition) is 5. The molecule has 1 aliphatic heterocycles. The van der Waals surface area contributed by atoms with E-state index in [1.54, 1.807) is 11.3 Å². The van der Waals surface area contributed by atoms with Gasteiger partial charge in [0.1, 0.15) is 5.01 Å². The number of anilines is 1. The van der Waals surface area contributed by atoms with Crippen LogP contribution >= 0.6 is 11.3 Å². The fourth-order valence-corrected chi connectivity index (χ4v) is 4.52. The molecule has 5 nitrogen and oxygen atoms in total. The van der Waals surface area contributed by atoms with Crippen LogP contribution in [0.2, 0.25) is 0 Å². The van der Waals surface area contributed by atoms with Crippen LogP contribution in [0.4, 0.5) is 5.69 Å². The molecule has 1 saturated heterocycles. The van der Waals surface area contributed by atoms with Gasteiger partial charge in [-0.1, -0.05) is 41.2 Å². The molecule has 6 heteroatoms. The Hall–Kier alpha value is -2.99. The average molecular weight is 402 g/mol. The van der Waals surface area contributed by atoms with E-state index in [4.69, 9.17) is 0 Å². The zero-order chi connectivity index (χ0) is 19.6. The van der Waals surface area contributed by atoms with E-state index in [1.807, 2.05) is 17.1 Å². The summed E-state index contributed by atoms with van der Waals surface area (Å²) < 4.78 is 1.91. The molecular formula is C23H23N5S. The molecule has 0 spiro atoms. The van der Waals surface area contributed by atoms with Gasteiger partial charge in [-0.3, -0.25) is 0 Å². The lowest BCUT2D eigenvalue weighted by atomic mass is 10.1. The summed E-state index contributed by atoms with van der Waals surface area (Å²) in [7, 11) is 0. The summed E-state index contributed by atoms with van der Waals surface area (Å²) in [5, 5.41) is 15.1. The van der Waals surface area contributed by atoms with Crippen LogP contribution in [0, 0.1) is 6.92 Å². The van der Waals surface area contributed by atoms with E-state index in [9.17, 15) is 0 Å². The van der Waals surface area contributed by atoms with Crippen LogP contribution in [0.1, 0.15) is 24.8 Å². The summed E-state index contributed by atoms with van der Waals surface area (Å²) in [6.07, 6.45) is 7.81. The van der Waals surface area contributed by atoms with Crippen LogP contribution in [-0.2, 0) is 0 Å². The smallest absolute Gasteiger partial charge is 0.151 e. The van der Waals surface area contributed by atoms with Gasteiger partial charge in [0.2, 0.25) is 0 Å². The molecule has 0 aliphatic carbocycles. The molecule has 0 unspecified atom stereocenters. The molecule has 0 bridgehead atoms. The Morgan fingerprint density at radius 1 is 0.759 bits per heavy atom. The molecule has 5 rings (SSSR count). The van der Waals surface area contributed by atoms with E-state index in [2.05, 4.69) is 75.7 Å². The van der Waals surface area contributed by atoms with Crippen molar-refractivity contribution in [2.45, 2.75) is 26.2 Å². The maximum atomic E-state index is 4.54. The number of aromatic nitrogens is 4. The van der Waals surface area contributed by atoms with Crippen molar-refractivity contribution >= 4 is 17.0 Å². The highest BCUT2D eigenvalue weighted by Crippen LogP contribution is 2.30. The number of aryl methyl sites for hydroxylation is 1. The molecule has 0 atom stereocenters. The summed E-state index contributed by atoms with van der Waals surface area (Å²) >= 11 is 1.59. The van der Waals surface area contributed by atoms with E-state index in [0.717, 1.165) is 39.9 Å². The maximum Gasteiger partial charge on any atom is 0.151 e. The monoisotopic (exact) mass is 401 g/mol. The van der Waals surface area contributed by atoms with Crippen LogP contribution in [0.25, 0.3) is 26.8 Å². The van der Waals surface area contributed by atoms with Gasteiger partial charge in [-0.15, -0.1) is 10.2 Å². The Morgan fingerprint density at radius 3 is 2.14 bits per heavy atom. The number of benzene rings is 2. The van der Waals surface area contributed by atoms with Gasteiger partial charge in [0.25, 0.3) is 0 Å². The predicted octanol–water partition coefficient (Wildman–Crippen LogP) is 5.36. The first-order chi connectivity index (χ1) is 14.3. The highest BCUT2D eigenvalue weighted by Gasteiger charge is 2.13. The van der Waals surface area contributed by atoms with Gasteiger partial charge in [-0.25, -0.2) is 4.68 Å². The van der Waals surface area contributed by atoms with Crippen molar-refractivity contribution in [3.8, 4) is 26.8 Å². The van der Waals surface area contributed by atoms with Crippen LogP contribution in [0.5, 0.6) is 0 Å². The van der Waals surface area contributed by atoms with E-state index in [-0.39, 0.29) is 0 Å². The molecule has 0 N–H and O–H groups in total. The quantitative estimate of drug-likeness (QED) is 0.462. The minimum absolute atomic E-state index is 0.886. The Labute approximate surface area is 174 Å². The van der Waals surface area contributed by atoms with Gasteiger partial charge in [0.05, 0.1) is 17.4 Å². The molecule has 0 amide bonds. The lowest BCUT2D eigenvalue weighted by Gasteiger charge is -2.28. The predicted molar refractivity (Wildman–Crippen MR) is 119 cm³/mol. The standard InChI is InChI=1S/C23H23N5S/c1-17-5-7-18(8-6-17)22-25-26-23(29-22)19-15-24-28(16-19)21-11-9-20(10-12-21)27-13-3-2-4-14-27/h5-12,15-16H,2-4,13-14H2,1H3. The van der Waals surface area contributed by atoms with Gasteiger partial charge in [-0.05, 0) is 50.5 Å². The molecule has 146 valence electrons. The fraction of sp³-hybridized carbons (Fsp3) is 0.261. The molecule has 4 aromatic rings. The second-order valence-corrected chi connectivity index (χ2v) is 8.49. The van der Waals surface area contributed by atoms with Crippen molar-refractivity contribution in [2.75, 3.05) is 18.0 Å². The van der Waals surface area contributed by atoms with E-state index in [1.165, 1.54) is 30.5 Å². The molecule has 2 aromatic carbocycles. The molecule has 1 fully saturated rings. The lowest BCUT2D eigenvalue weighted by molar-refractivity contribution is 0.578. The summed E-state index contributed by atoms with van der Waals surface area (Å²) in [4.78, 5) is 2.47. The minimum atomic E-state index is 0.886. The van der Waals surface area contributed by atoms with Gasteiger partial charge >= 0.3 is 0 Å². The first-order valence-corrected chi connectivity index (χ1v) is 10.9. The van der Waals surface area contributed by atoms with Crippen LogP contribution in [0.15, 0.2) is 60.9 Å². The van der Waals surface area contributed by atoms with Gasteiger partial charge in [0.15, 0.2) is 5.01 Å². The average Bonchev–Trinajstić information content (AvgIpc) is 3.45. The summed E-state index contributed by atoms with van der Waals surface area (Å²) in [6.45, 7) is 4.40. The normalized spacial score (nSPS) is 14.3. The Kier molecular flexibility index (Phi) is 4.86. The maximum absolute atomic E-state index is 4.54. The second kappa shape index (κ2) is 7.79. The molecule has 3 heterocycles. The number of nitrogens with zero attached hydrogens (tertiary/aromatic N) is 5. The van der Waals surface area contributed by atoms with Gasteiger partial charge in [0, 0.05) is 30.5 Å². The summed E-state index contributed by atoms with van der Waals surface area (Å²) in [5.74, 6) is 0. The Balaban J connectivity index is 1.35. The van der Waals surface area contributed by atoms with Crippen molar-refractivity contribution in [3.05, 3.63) is 66.5 Å². The van der Waals surface area contributed by atoms with E-state index < -0.39 is 0 Å². The zero-order valence-corrected chi connectivity index (χ0v) is 17.3. The topological polar surface area (TPSA) is 46.8 Å². The zero-order valence-electron chi connectivity index (χ0n) is 16.5.